The van der Waals surface area contributed by atoms with E-state index in [0.717, 1.165) is 37.1 Å². The van der Waals surface area contributed by atoms with Crippen molar-refractivity contribution < 1.29 is 9.18 Å². The first kappa shape index (κ1) is 18.9. The van der Waals surface area contributed by atoms with Crippen molar-refractivity contribution in [2.45, 2.75) is 56.9 Å². The Balaban J connectivity index is 1.41. The summed E-state index contributed by atoms with van der Waals surface area (Å²) in [5, 5.41) is 4.55. The number of rotatable bonds is 4. The van der Waals surface area contributed by atoms with Gasteiger partial charge in [0.2, 0.25) is 5.91 Å². The minimum Gasteiger partial charge on any atom is -0.342 e. The SMILES string of the molecule is Cn1nc(C2CCN(C(=O)Cc3ccc(F)cc3)CC2)n(C2CCCC2)c1=O. The molecule has 4 rings (SSSR count). The Kier molecular flexibility index (Phi) is 5.33. The van der Waals surface area contributed by atoms with Crippen LogP contribution in [0.4, 0.5) is 4.39 Å². The molecule has 0 N–H and O–H groups in total. The predicted octanol–water partition coefficient (Wildman–Crippen LogP) is 2.78. The molecule has 2 fully saturated rings. The van der Waals surface area contributed by atoms with Gasteiger partial charge in [-0.1, -0.05) is 25.0 Å². The standard InChI is InChI=1S/C21H27FN4O2/c1-24-21(28)26(18-4-2-3-5-18)20(23-24)16-10-12-25(13-11-16)19(27)14-15-6-8-17(22)9-7-15/h6-9,16,18H,2-5,10-14H2,1H3. The Labute approximate surface area is 164 Å². The lowest BCUT2D eigenvalue weighted by Gasteiger charge is -2.32. The van der Waals surface area contributed by atoms with Crippen LogP contribution in [0.25, 0.3) is 0 Å². The minimum absolute atomic E-state index is 0.0169. The molecule has 1 aromatic carbocycles. The van der Waals surface area contributed by atoms with E-state index in [-0.39, 0.29) is 29.4 Å². The average molecular weight is 386 g/mol. The normalized spacial score (nSPS) is 18.7. The Morgan fingerprint density at radius 3 is 2.39 bits per heavy atom. The van der Waals surface area contributed by atoms with Crippen LogP contribution < -0.4 is 5.69 Å². The summed E-state index contributed by atoms with van der Waals surface area (Å²) in [7, 11) is 1.72. The van der Waals surface area contributed by atoms with Crippen molar-refractivity contribution in [3.63, 3.8) is 0 Å². The van der Waals surface area contributed by atoms with Gasteiger partial charge in [0.25, 0.3) is 0 Å². The highest BCUT2D eigenvalue weighted by Gasteiger charge is 2.31. The summed E-state index contributed by atoms with van der Waals surface area (Å²) in [5.74, 6) is 0.884. The number of carbonyl (C=O) groups is 1. The fraction of sp³-hybridized carbons (Fsp3) is 0.571. The molecule has 1 aliphatic carbocycles. The number of hydrogen-bond donors (Lipinski definition) is 0. The number of carbonyl (C=O) groups excluding carboxylic acids is 1. The van der Waals surface area contributed by atoms with Crippen molar-refractivity contribution in [2.24, 2.45) is 7.05 Å². The second kappa shape index (κ2) is 7.89. The summed E-state index contributed by atoms with van der Waals surface area (Å²) in [4.78, 5) is 27.1. The van der Waals surface area contributed by atoms with Crippen molar-refractivity contribution in [3.05, 3.63) is 52.0 Å². The lowest BCUT2D eigenvalue weighted by Crippen LogP contribution is -2.39. The van der Waals surface area contributed by atoms with Crippen LogP contribution in [0.15, 0.2) is 29.1 Å². The second-order valence-corrected chi connectivity index (χ2v) is 8.03. The molecular weight excluding hydrogens is 359 g/mol. The monoisotopic (exact) mass is 386 g/mol. The van der Waals surface area contributed by atoms with Crippen LogP contribution in [-0.2, 0) is 18.3 Å². The molecule has 1 saturated heterocycles. The van der Waals surface area contributed by atoms with Crippen LogP contribution in [-0.4, -0.2) is 38.2 Å². The summed E-state index contributed by atoms with van der Waals surface area (Å²) in [6.07, 6.45) is 6.36. The number of halogens is 1. The summed E-state index contributed by atoms with van der Waals surface area (Å²) < 4.78 is 16.4. The van der Waals surface area contributed by atoms with Crippen LogP contribution in [0.5, 0.6) is 0 Å². The molecule has 2 aliphatic rings. The summed E-state index contributed by atoms with van der Waals surface area (Å²) in [5.41, 5.74) is 0.810. The molecule has 2 heterocycles. The van der Waals surface area contributed by atoms with Crippen LogP contribution in [0, 0.1) is 5.82 Å². The van der Waals surface area contributed by atoms with Gasteiger partial charge in [-0.15, -0.1) is 0 Å². The molecule has 1 amide bonds. The fourth-order valence-electron chi connectivity index (χ4n) is 4.56. The smallest absolute Gasteiger partial charge is 0.342 e. The van der Waals surface area contributed by atoms with E-state index in [9.17, 15) is 14.0 Å². The number of nitrogens with zero attached hydrogens (tertiary/aromatic N) is 4. The minimum atomic E-state index is -0.291. The molecule has 150 valence electrons. The van der Waals surface area contributed by atoms with Gasteiger partial charge in [0.1, 0.15) is 11.6 Å². The van der Waals surface area contributed by atoms with E-state index in [4.69, 9.17) is 0 Å². The number of benzene rings is 1. The van der Waals surface area contributed by atoms with Crippen molar-refractivity contribution >= 4 is 5.91 Å². The first-order chi connectivity index (χ1) is 13.5. The van der Waals surface area contributed by atoms with E-state index in [1.165, 1.54) is 29.7 Å². The highest BCUT2D eigenvalue weighted by molar-refractivity contribution is 5.78. The summed E-state index contributed by atoms with van der Waals surface area (Å²) in [6.45, 7) is 1.33. The molecule has 1 aliphatic heterocycles. The van der Waals surface area contributed by atoms with Crippen LogP contribution in [0.2, 0.25) is 0 Å². The fourth-order valence-corrected chi connectivity index (χ4v) is 4.56. The van der Waals surface area contributed by atoms with Crippen molar-refractivity contribution in [3.8, 4) is 0 Å². The van der Waals surface area contributed by atoms with Crippen molar-refractivity contribution in [1.29, 1.82) is 0 Å². The maximum atomic E-state index is 13.0. The first-order valence-electron chi connectivity index (χ1n) is 10.2. The molecule has 0 spiro atoms. The Hall–Kier alpha value is -2.44. The lowest BCUT2D eigenvalue weighted by molar-refractivity contribution is -0.131. The molecule has 7 heteroatoms. The molecule has 0 radical (unpaired) electrons. The highest BCUT2D eigenvalue weighted by Crippen LogP contribution is 2.33. The molecule has 1 saturated carbocycles. The third-order valence-electron chi connectivity index (χ3n) is 6.15. The summed E-state index contributed by atoms with van der Waals surface area (Å²) in [6, 6.07) is 6.37. The zero-order valence-corrected chi connectivity index (χ0v) is 16.3. The van der Waals surface area contributed by atoms with E-state index < -0.39 is 0 Å². The third kappa shape index (κ3) is 3.75. The second-order valence-electron chi connectivity index (χ2n) is 8.03. The molecule has 2 aromatic rings. The van der Waals surface area contributed by atoms with Crippen LogP contribution in [0.3, 0.4) is 0 Å². The third-order valence-corrected chi connectivity index (χ3v) is 6.15. The molecule has 0 bridgehead atoms. The van der Waals surface area contributed by atoms with Gasteiger partial charge in [-0.25, -0.2) is 13.9 Å². The quantitative estimate of drug-likeness (QED) is 0.812. The molecule has 28 heavy (non-hydrogen) atoms. The van der Waals surface area contributed by atoms with Gasteiger partial charge >= 0.3 is 5.69 Å². The van der Waals surface area contributed by atoms with Gasteiger partial charge in [0.05, 0.1) is 6.42 Å². The Bertz CT molecular complexity index is 888. The van der Waals surface area contributed by atoms with Crippen LogP contribution >= 0.6 is 0 Å². The van der Waals surface area contributed by atoms with E-state index in [1.807, 2.05) is 9.47 Å². The maximum absolute atomic E-state index is 13.0. The highest BCUT2D eigenvalue weighted by atomic mass is 19.1. The number of likely N-dealkylation sites (tertiary alicyclic amines) is 1. The number of amides is 1. The number of piperidine rings is 1. The van der Waals surface area contributed by atoms with Gasteiger partial charge in [-0.05, 0) is 43.4 Å². The molecular formula is C21H27FN4O2. The van der Waals surface area contributed by atoms with Gasteiger partial charge in [0.15, 0.2) is 0 Å². The number of aromatic nitrogens is 3. The van der Waals surface area contributed by atoms with Crippen LogP contribution in [0.1, 0.15) is 61.9 Å². The Morgan fingerprint density at radius 2 is 1.75 bits per heavy atom. The molecule has 0 unspecified atom stereocenters. The molecule has 1 aromatic heterocycles. The van der Waals surface area contributed by atoms with E-state index in [0.29, 0.717) is 19.5 Å². The maximum Gasteiger partial charge on any atom is 0.345 e. The van der Waals surface area contributed by atoms with Gasteiger partial charge in [-0.2, -0.15) is 5.10 Å². The predicted molar refractivity (Wildman–Crippen MR) is 104 cm³/mol. The topological polar surface area (TPSA) is 60.1 Å². The lowest BCUT2D eigenvalue weighted by atomic mass is 9.95. The van der Waals surface area contributed by atoms with E-state index in [1.54, 1.807) is 19.2 Å². The van der Waals surface area contributed by atoms with E-state index >= 15 is 0 Å². The van der Waals surface area contributed by atoms with Crippen molar-refractivity contribution in [1.82, 2.24) is 19.2 Å². The zero-order chi connectivity index (χ0) is 19.7. The number of hydrogen-bond acceptors (Lipinski definition) is 3. The number of aryl methyl sites for hydroxylation is 1. The largest absolute Gasteiger partial charge is 0.345 e. The van der Waals surface area contributed by atoms with Gasteiger partial charge in [-0.3, -0.25) is 9.36 Å². The summed E-state index contributed by atoms with van der Waals surface area (Å²) >= 11 is 0. The van der Waals surface area contributed by atoms with Crippen molar-refractivity contribution in [2.75, 3.05) is 13.1 Å². The first-order valence-corrected chi connectivity index (χ1v) is 10.2. The zero-order valence-electron chi connectivity index (χ0n) is 16.3. The molecule has 6 nitrogen and oxygen atoms in total. The van der Waals surface area contributed by atoms with Gasteiger partial charge in [0, 0.05) is 32.1 Å². The molecule has 0 atom stereocenters. The van der Waals surface area contributed by atoms with Gasteiger partial charge < -0.3 is 4.90 Å². The van der Waals surface area contributed by atoms with E-state index in [2.05, 4.69) is 5.10 Å². The Morgan fingerprint density at radius 1 is 1.11 bits per heavy atom. The average Bonchev–Trinajstić information content (AvgIpc) is 3.32.